The van der Waals surface area contributed by atoms with Gasteiger partial charge in [-0.1, -0.05) is 0 Å². The summed E-state index contributed by atoms with van der Waals surface area (Å²) in [4.78, 5) is 41.2. The molecule has 2 aromatic rings. The highest BCUT2D eigenvalue weighted by Crippen LogP contribution is 2.35. The second-order valence-electron chi connectivity index (χ2n) is 7.01. The molecule has 2 aliphatic rings. The Bertz CT molecular complexity index is 903. The topological polar surface area (TPSA) is 88.1 Å². The molecule has 2 saturated heterocycles. The molecule has 0 bridgehead atoms. The van der Waals surface area contributed by atoms with E-state index in [0.29, 0.717) is 50.9 Å². The average molecular weight is 420 g/mol. The lowest BCUT2D eigenvalue weighted by molar-refractivity contribution is 0.0574. The summed E-state index contributed by atoms with van der Waals surface area (Å²) >= 11 is 1.41. The number of morpholine rings is 1. The maximum atomic E-state index is 13.2. The number of hydrogen-bond donors (Lipinski definition) is 0. The second kappa shape index (κ2) is 8.50. The molecule has 2 aromatic heterocycles. The Balaban J connectivity index is 1.54. The van der Waals surface area contributed by atoms with Crippen LogP contribution in [-0.2, 0) is 9.47 Å². The van der Waals surface area contributed by atoms with Crippen molar-refractivity contribution in [1.82, 2.24) is 19.8 Å². The summed E-state index contributed by atoms with van der Waals surface area (Å²) in [6.07, 6.45) is 1.25. The standard InChI is InChI=1S/C19H25N5O4S/c1-3-28-19(26)24-6-4-23(5-7-24)18(25)15-13(2)14-16(20-12-21-17(14)29-15)22-8-10-27-11-9-22/h12H,3-11H2,1-2H3. The molecule has 0 aliphatic carbocycles. The number of amides is 2. The van der Waals surface area contributed by atoms with Crippen molar-refractivity contribution in [3.8, 4) is 0 Å². The van der Waals surface area contributed by atoms with Gasteiger partial charge in [0, 0.05) is 39.3 Å². The Morgan fingerprint density at radius 1 is 1.10 bits per heavy atom. The summed E-state index contributed by atoms with van der Waals surface area (Å²) in [6, 6.07) is 0. The van der Waals surface area contributed by atoms with Crippen molar-refractivity contribution in [3.63, 3.8) is 0 Å². The molecule has 0 saturated carbocycles. The Hall–Kier alpha value is -2.46. The number of ether oxygens (including phenoxy) is 2. The van der Waals surface area contributed by atoms with Gasteiger partial charge in [0.25, 0.3) is 5.91 Å². The van der Waals surface area contributed by atoms with E-state index in [4.69, 9.17) is 9.47 Å². The van der Waals surface area contributed by atoms with Crippen LogP contribution in [0.4, 0.5) is 10.6 Å². The first kappa shape index (κ1) is 19.8. The number of carbonyl (C=O) groups excluding carboxylic acids is 2. The van der Waals surface area contributed by atoms with Gasteiger partial charge in [0.15, 0.2) is 0 Å². The third-order valence-electron chi connectivity index (χ3n) is 5.30. The molecule has 9 nitrogen and oxygen atoms in total. The Morgan fingerprint density at radius 2 is 1.79 bits per heavy atom. The van der Waals surface area contributed by atoms with Gasteiger partial charge in [-0.05, 0) is 19.4 Å². The number of thiophene rings is 1. The lowest BCUT2D eigenvalue weighted by atomic mass is 10.1. The highest BCUT2D eigenvalue weighted by atomic mass is 32.1. The molecule has 156 valence electrons. The van der Waals surface area contributed by atoms with Gasteiger partial charge >= 0.3 is 6.09 Å². The summed E-state index contributed by atoms with van der Waals surface area (Å²) in [5.41, 5.74) is 0.921. The molecule has 2 fully saturated rings. The van der Waals surface area contributed by atoms with Crippen LogP contribution >= 0.6 is 11.3 Å². The molecule has 0 N–H and O–H groups in total. The fourth-order valence-electron chi connectivity index (χ4n) is 3.72. The summed E-state index contributed by atoms with van der Waals surface area (Å²) in [5.74, 6) is 0.861. The van der Waals surface area contributed by atoms with Crippen molar-refractivity contribution in [3.05, 3.63) is 16.8 Å². The quantitative estimate of drug-likeness (QED) is 0.749. The van der Waals surface area contributed by atoms with Crippen LogP contribution in [0.5, 0.6) is 0 Å². The molecule has 0 unspecified atom stereocenters. The monoisotopic (exact) mass is 419 g/mol. The van der Waals surface area contributed by atoms with Gasteiger partial charge in [0.1, 0.15) is 17.0 Å². The van der Waals surface area contributed by atoms with E-state index in [9.17, 15) is 9.59 Å². The molecular weight excluding hydrogens is 394 g/mol. The third kappa shape index (κ3) is 3.86. The van der Waals surface area contributed by atoms with Crippen LogP contribution in [0.25, 0.3) is 10.2 Å². The third-order valence-corrected chi connectivity index (χ3v) is 6.49. The Morgan fingerprint density at radius 3 is 2.48 bits per heavy atom. The lowest BCUT2D eigenvalue weighted by Gasteiger charge is -2.34. The normalized spacial score (nSPS) is 17.7. The van der Waals surface area contributed by atoms with Crippen LogP contribution in [0.1, 0.15) is 22.2 Å². The number of aryl methyl sites for hydroxylation is 1. The smallest absolute Gasteiger partial charge is 0.409 e. The summed E-state index contributed by atoms with van der Waals surface area (Å²) in [7, 11) is 0. The minimum atomic E-state index is -0.317. The van der Waals surface area contributed by atoms with Gasteiger partial charge in [-0.2, -0.15) is 0 Å². The number of carbonyl (C=O) groups is 2. The van der Waals surface area contributed by atoms with Crippen LogP contribution in [0.3, 0.4) is 0 Å². The number of rotatable bonds is 3. The first-order chi connectivity index (χ1) is 14.1. The Kier molecular flexibility index (Phi) is 5.81. The maximum Gasteiger partial charge on any atom is 0.409 e. The van der Waals surface area contributed by atoms with Gasteiger partial charge in [0.05, 0.1) is 30.1 Å². The first-order valence-corrected chi connectivity index (χ1v) is 10.7. The highest BCUT2D eigenvalue weighted by molar-refractivity contribution is 7.20. The number of hydrogen-bond acceptors (Lipinski definition) is 8. The molecule has 29 heavy (non-hydrogen) atoms. The molecule has 4 rings (SSSR count). The molecule has 0 atom stereocenters. The summed E-state index contributed by atoms with van der Waals surface area (Å²) < 4.78 is 10.5. The SMILES string of the molecule is CCOC(=O)N1CCN(C(=O)c2sc3ncnc(N4CCOCC4)c3c2C)CC1. The van der Waals surface area contributed by atoms with E-state index in [1.165, 1.54) is 11.3 Å². The first-order valence-electron chi connectivity index (χ1n) is 9.88. The fraction of sp³-hybridized carbons (Fsp3) is 0.579. The van der Waals surface area contributed by atoms with E-state index in [0.717, 1.165) is 34.7 Å². The second-order valence-corrected chi connectivity index (χ2v) is 8.01. The molecule has 0 aromatic carbocycles. The fourth-order valence-corrected chi connectivity index (χ4v) is 4.83. The highest BCUT2D eigenvalue weighted by Gasteiger charge is 2.29. The zero-order chi connectivity index (χ0) is 20.4. The zero-order valence-corrected chi connectivity index (χ0v) is 17.5. The van der Waals surface area contributed by atoms with E-state index in [1.54, 1.807) is 23.1 Å². The van der Waals surface area contributed by atoms with Crippen molar-refractivity contribution < 1.29 is 19.1 Å². The molecular formula is C19H25N5O4S. The minimum Gasteiger partial charge on any atom is -0.450 e. The summed E-state index contributed by atoms with van der Waals surface area (Å²) in [5, 5.41) is 0.952. The molecule has 4 heterocycles. The van der Waals surface area contributed by atoms with E-state index < -0.39 is 0 Å². The number of fused-ring (bicyclic) bond motifs is 1. The van der Waals surface area contributed by atoms with E-state index >= 15 is 0 Å². The average Bonchev–Trinajstić information content (AvgIpc) is 3.11. The van der Waals surface area contributed by atoms with Crippen molar-refractivity contribution in [2.24, 2.45) is 0 Å². The van der Waals surface area contributed by atoms with Crippen molar-refractivity contribution in [2.45, 2.75) is 13.8 Å². The van der Waals surface area contributed by atoms with E-state index in [-0.39, 0.29) is 12.0 Å². The predicted octanol–water partition coefficient (Wildman–Crippen LogP) is 1.75. The molecule has 0 radical (unpaired) electrons. The zero-order valence-electron chi connectivity index (χ0n) is 16.7. The van der Waals surface area contributed by atoms with Gasteiger partial charge in [-0.15, -0.1) is 11.3 Å². The van der Waals surface area contributed by atoms with Gasteiger partial charge in [-0.25, -0.2) is 14.8 Å². The molecule has 0 spiro atoms. The van der Waals surface area contributed by atoms with Crippen LogP contribution in [0, 0.1) is 6.92 Å². The largest absolute Gasteiger partial charge is 0.450 e. The number of anilines is 1. The predicted molar refractivity (Wildman–Crippen MR) is 110 cm³/mol. The Labute approximate surface area is 173 Å². The summed E-state index contributed by atoms with van der Waals surface area (Å²) in [6.45, 7) is 8.95. The molecule has 10 heteroatoms. The van der Waals surface area contributed by atoms with Crippen molar-refractivity contribution in [1.29, 1.82) is 0 Å². The van der Waals surface area contributed by atoms with Crippen LogP contribution in [-0.4, -0.2) is 90.9 Å². The maximum absolute atomic E-state index is 13.2. The van der Waals surface area contributed by atoms with Crippen LogP contribution in [0.15, 0.2) is 6.33 Å². The van der Waals surface area contributed by atoms with Gasteiger partial charge < -0.3 is 24.2 Å². The van der Waals surface area contributed by atoms with Crippen LogP contribution in [0.2, 0.25) is 0 Å². The van der Waals surface area contributed by atoms with E-state index in [1.807, 2.05) is 6.92 Å². The minimum absolute atomic E-state index is 0.0121. The lowest BCUT2D eigenvalue weighted by Crippen LogP contribution is -2.50. The number of nitrogens with zero attached hydrogens (tertiary/aromatic N) is 5. The van der Waals surface area contributed by atoms with Crippen molar-refractivity contribution in [2.75, 3.05) is 64.0 Å². The van der Waals surface area contributed by atoms with Gasteiger partial charge in [-0.3, -0.25) is 4.79 Å². The van der Waals surface area contributed by atoms with E-state index in [2.05, 4.69) is 14.9 Å². The van der Waals surface area contributed by atoms with Crippen molar-refractivity contribution >= 4 is 39.4 Å². The molecule has 2 amide bonds. The number of aromatic nitrogens is 2. The molecule has 2 aliphatic heterocycles. The van der Waals surface area contributed by atoms with Gasteiger partial charge in [0.2, 0.25) is 0 Å². The number of piperazine rings is 1. The van der Waals surface area contributed by atoms with Crippen LogP contribution < -0.4 is 4.90 Å².